The van der Waals surface area contributed by atoms with E-state index >= 15 is 0 Å². The van der Waals surface area contributed by atoms with Crippen LogP contribution in [0.1, 0.15) is 28.4 Å². The van der Waals surface area contributed by atoms with Crippen LogP contribution in [-0.2, 0) is 6.42 Å². The first-order valence-corrected chi connectivity index (χ1v) is 7.18. The highest BCUT2D eigenvalue weighted by Gasteiger charge is 2.26. The SMILES string of the molecule is Cc1cnccc1C1NCCc2c1[nH]c1ccc(F)cc21. The number of aromatic nitrogens is 2. The van der Waals surface area contributed by atoms with E-state index in [-0.39, 0.29) is 11.9 Å². The number of aromatic amines is 1. The van der Waals surface area contributed by atoms with Gasteiger partial charge in [-0.1, -0.05) is 0 Å². The minimum atomic E-state index is -0.181. The summed E-state index contributed by atoms with van der Waals surface area (Å²) in [5.74, 6) is -0.181. The van der Waals surface area contributed by atoms with Crippen LogP contribution in [-0.4, -0.2) is 16.5 Å². The van der Waals surface area contributed by atoms with Gasteiger partial charge < -0.3 is 10.3 Å². The van der Waals surface area contributed by atoms with Gasteiger partial charge in [0.15, 0.2) is 0 Å². The molecule has 0 saturated heterocycles. The predicted molar refractivity (Wildman–Crippen MR) is 80.8 cm³/mol. The molecule has 0 fully saturated rings. The van der Waals surface area contributed by atoms with E-state index in [2.05, 4.69) is 22.2 Å². The Kier molecular flexibility index (Phi) is 2.79. The van der Waals surface area contributed by atoms with E-state index in [9.17, 15) is 4.39 Å². The first-order chi connectivity index (χ1) is 10.2. The summed E-state index contributed by atoms with van der Waals surface area (Å²) in [6.45, 7) is 2.96. The van der Waals surface area contributed by atoms with E-state index in [1.165, 1.54) is 17.2 Å². The number of nitrogens with zero attached hydrogens (tertiary/aromatic N) is 1. The van der Waals surface area contributed by atoms with E-state index in [0.29, 0.717) is 0 Å². The molecule has 3 heterocycles. The molecule has 1 atom stereocenters. The van der Waals surface area contributed by atoms with E-state index < -0.39 is 0 Å². The van der Waals surface area contributed by atoms with Gasteiger partial charge in [0.2, 0.25) is 0 Å². The molecule has 1 aliphatic rings. The summed E-state index contributed by atoms with van der Waals surface area (Å²) in [5, 5.41) is 4.56. The second kappa shape index (κ2) is 4.67. The van der Waals surface area contributed by atoms with Crippen molar-refractivity contribution in [3.8, 4) is 0 Å². The maximum absolute atomic E-state index is 13.5. The second-order valence-electron chi connectivity index (χ2n) is 5.58. The summed E-state index contributed by atoms with van der Waals surface area (Å²) < 4.78 is 13.5. The summed E-state index contributed by atoms with van der Waals surface area (Å²) >= 11 is 0. The molecule has 0 saturated carbocycles. The van der Waals surface area contributed by atoms with Crippen LogP contribution < -0.4 is 5.32 Å². The fraction of sp³-hybridized carbons (Fsp3) is 0.235. The van der Waals surface area contributed by atoms with Gasteiger partial charge in [0.25, 0.3) is 0 Å². The first kappa shape index (κ1) is 12.5. The van der Waals surface area contributed by atoms with Crippen molar-refractivity contribution in [1.29, 1.82) is 0 Å². The zero-order chi connectivity index (χ0) is 14.4. The molecule has 1 aliphatic heterocycles. The summed E-state index contributed by atoms with van der Waals surface area (Å²) in [5.41, 5.74) is 5.76. The zero-order valence-electron chi connectivity index (χ0n) is 11.8. The van der Waals surface area contributed by atoms with E-state index in [4.69, 9.17) is 0 Å². The number of aryl methyl sites for hydroxylation is 1. The molecule has 1 unspecified atom stereocenters. The summed E-state index contributed by atoms with van der Waals surface area (Å²) in [6, 6.07) is 7.12. The average molecular weight is 281 g/mol. The molecular weight excluding hydrogens is 265 g/mol. The molecule has 0 spiro atoms. The number of pyridine rings is 1. The van der Waals surface area contributed by atoms with Crippen LogP contribution in [0.3, 0.4) is 0 Å². The van der Waals surface area contributed by atoms with Gasteiger partial charge in [-0.2, -0.15) is 0 Å². The minimum absolute atomic E-state index is 0.118. The predicted octanol–water partition coefficient (Wildman–Crippen LogP) is 3.25. The van der Waals surface area contributed by atoms with E-state index in [0.717, 1.165) is 35.1 Å². The van der Waals surface area contributed by atoms with Crippen LogP contribution in [0.4, 0.5) is 4.39 Å². The molecule has 3 aromatic rings. The molecule has 2 aromatic heterocycles. The third-order valence-electron chi connectivity index (χ3n) is 4.29. The fourth-order valence-electron chi connectivity index (χ4n) is 3.27. The Balaban J connectivity index is 1.92. The lowest BCUT2D eigenvalue weighted by Crippen LogP contribution is -2.30. The fourth-order valence-corrected chi connectivity index (χ4v) is 3.27. The second-order valence-corrected chi connectivity index (χ2v) is 5.58. The van der Waals surface area contributed by atoms with Gasteiger partial charge in [-0.3, -0.25) is 4.98 Å². The number of fused-ring (bicyclic) bond motifs is 3. The normalized spacial score (nSPS) is 17.9. The summed E-state index contributed by atoms with van der Waals surface area (Å²) in [7, 11) is 0. The Morgan fingerprint density at radius 2 is 2.19 bits per heavy atom. The van der Waals surface area contributed by atoms with Crippen LogP contribution in [0.5, 0.6) is 0 Å². The molecule has 4 heteroatoms. The van der Waals surface area contributed by atoms with Gasteiger partial charge in [0.05, 0.1) is 6.04 Å². The van der Waals surface area contributed by atoms with Gasteiger partial charge in [-0.15, -0.1) is 0 Å². The molecule has 3 nitrogen and oxygen atoms in total. The van der Waals surface area contributed by atoms with Crippen molar-refractivity contribution in [3.05, 3.63) is 64.9 Å². The van der Waals surface area contributed by atoms with Crippen molar-refractivity contribution >= 4 is 10.9 Å². The third kappa shape index (κ3) is 1.94. The highest BCUT2D eigenvalue weighted by molar-refractivity contribution is 5.85. The Morgan fingerprint density at radius 3 is 3.05 bits per heavy atom. The van der Waals surface area contributed by atoms with E-state index in [1.54, 1.807) is 6.07 Å². The largest absolute Gasteiger partial charge is 0.357 e. The monoisotopic (exact) mass is 281 g/mol. The lowest BCUT2D eigenvalue weighted by molar-refractivity contribution is 0.557. The number of hydrogen-bond donors (Lipinski definition) is 2. The highest BCUT2D eigenvalue weighted by Crippen LogP contribution is 2.34. The van der Waals surface area contributed by atoms with Crippen LogP contribution >= 0.6 is 0 Å². The standard InChI is InChI=1S/C17H16FN3/c1-10-9-19-6-4-12(10)16-17-13(5-7-20-16)14-8-11(18)2-3-15(14)21-17/h2-4,6,8-9,16,20-21H,5,7H2,1H3. The maximum Gasteiger partial charge on any atom is 0.123 e. The summed E-state index contributed by atoms with van der Waals surface area (Å²) in [4.78, 5) is 7.63. The van der Waals surface area contributed by atoms with Crippen LogP contribution in [0.2, 0.25) is 0 Å². The van der Waals surface area contributed by atoms with E-state index in [1.807, 2.05) is 24.5 Å². The van der Waals surface area contributed by atoms with Crippen LogP contribution in [0.15, 0.2) is 36.7 Å². The van der Waals surface area contributed by atoms with Crippen molar-refractivity contribution in [1.82, 2.24) is 15.3 Å². The molecule has 0 bridgehead atoms. The number of rotatable bonds is 1. The number of halogens is 1. The van der Waals surface area contributed by atoms with Crippen molar-refractivity contribution in [2.45, 2.75) is 19.4 Å². The Morgan fingerprint density at radius 1 is 1.29 bits per heavy atom. The smallest absolute Gasteiger partial charge is 0.123 e. The van der Waals surface area contributed by atoms with Gasteiger partial charge in [-0.25, -0.2) is 4.39 Å². The third-order valence-corrected chi connectivity index (χ3v) is 4.29. The van der Waals surface area contributed by atoms with Gasteiger partial charge in [-0.05, 0) is 54.3 Å². The number of nitrogens with one attached hydrogen (secondary N) is 2. The van der Waals surface area contributed by atoms with Crippen molar-refractivity contribution in [2.24, 2.45) is 0 Å². The van der Waals surface area contributed by atoms with Crippen LogP contribution in [0.25, 0.3) is 10.9 Å². The highest BCUT2D eigenvalue weighted by atomic mass is 19.1. The molecule has 1 aromatic carbocycles. The number of benzene rings is 1. The van der Waals surface area contributed by atoms with Crippen molar-refractivity contribution in [2.75, 3.05) is 6.54 Å². The molecule has 21 heavy (non-hydrogen) atoms. The lowest BCUT2D eigenvalue weighted by Gasteiger charge is -2.25. The molecule has 0 aliphatic carbocycles. The topological polar surface area (TPSA) is 40.7 Å². The lowest BCUT2D eigenvalue weighted by atomic mass is 9.93. The number of hydrogen-bond acceptors (Lipinski definition) is 2. The molecule has 106 valence electrons. The zero-order valence-corrected chi connectivity index (χ0v) is 11.8. The van der Waals surface area contributed by atoms with Crippen molar-refractivity contribution in [3.63, 3.8) is 0 Å². The Labute approximate surface area is 122 Å². The molecule has 4 rings (SSSR count). The molecular formula is C17H16FN3. The average Bonchev–Trinajstić information content (AvgIpc) is 2.86. The summed E-state index contributed by atoms with van der Waals surface area (Å²) in [6.07, 6.45) is 4.62. The number of H-pyrrole nitrogens is 1. The van der Waals surface area contributed by atoms with Gasteiger partial charge in [0, 0.05) is 35.5 Å². The maximum atomic E-state index is 13.5. The van der Waals surface area contributed by atoms with Gasteiger partial charge in [0.1, 0.15) is 5.82 Å². The molecule has 0 amide bonds. The molecule has 2 N–H and O–H groups in total. The first-order valence-electron chi connectivity index (χ1n) is 7.18. The minimum Gasteiger partial charge on any atom is -0.357 e. The molecule has 0 radical (unpaired) electrons. The Bertz CT molecular complexity index is 822. The quantitative estimate of drug-likeness (QED) is 0.719. The van der Waals surface area contributed by atoms with Crippen LogP contribution in [0, 0.1) is 12.7 Å². The van der Waals surface area contributed by atoms with Crippen molar-refractivity contribution < 1.29 is 4.39 Å². The van der Waals surface area contributed by atoms with Gasteiger partial charge >= 0.3 is 0 Å². The Hall–Kier alpha value is -2.20.